The van der Waals surface area contributed by atoms with Crippen molar-refractivity contribution in [1.29, 1.82) is 0 Å². The molecular formula is C15H31N. The van der Waals surface area contributed by atoms with Crippen LogP contribution in [0.2, 0.25) is 0 Å². The number of nitrogens with two attached hydrogens (primary N) is 1. The summed E-state index contributed by atoms with van der Waals surface area (Å²) in [7, 11) is 0. The molecule has 0 radical (unpaired) electrons. The third-order valence-corrected chi connectivity index (χ3v) is 3.90. The minimum absolute atomic E-state index is 0.491. The largest absolute Gasteiger partial charge is 0.328 e. The van der Waals surface area contributed by atoms with Crippen LogP contribution in [0.25, 0.3) is 0 Å². The highest BCUT2D eigenvalue weighted by atomic mass is 14.6. The molecule has 16 heavy (non-hydrogen) atoms. The maximum absolute atomic E-state index is 6.12. The molecule has 1 heteroatoms. The Hall–Kier alpha value is -0.0400. The summed E-state index contributed by atoms with van der Waals surface area (Å²) in [5.41, 5.74) is 6.12. The van der Waals surface area contributed by atoms with E-state index < -0.39 is 0 Å². The van der Waals surface area contributed by atoms with Crippen molar-refractivity contribution in [1.82, 2.24) is 0 Å². The van der Waals surface area contributed by atoms with Gasteiger partial charge < -0.3 is 5.73 Å². The summed E-state index contributed by atoms with van der Waals surface area (Å²) < 4.78 is 0. The fourth-order valence-electron chi connectivity index (χ4n) is 2.73. The van der Waals surface area contributed by atoms with Crippen LogP contribution >= 0.6 is 0 Å². The first-order valence-corrected chi connectivity index (χ1v) is 7.65. The second kappa shape index (κ2) is 10.1. The quantitative estimate of drug-likeness (QED) is 0.630. The molecule has 0 saturated heterocycles. The molecule has 1 saturated carbocycles. The molecule has 0 atom stereocenters. The van der Waals surface area contributed by atoms with E-state index in [4.69, 9.17) is 5.73 Å². The lowest BCUT2D eigenvalue weighted by molar-refractivity contribution is 0.490. The summed E-state index contributed by atoms with van der Waals surface area (Å²) in [5.74, 6) is 0. The summed E-state index contributed by atoms with van der Waals surface area (Å²) in [6, 6.07) is 0.491. The third-order valence-electron chi connectivity index (χ3n) is 3.90. The van der Waals surface area contributed by atoms with Crippen LogP contribution in [-0.2, 0) is 0 Å². The van der Waals surface area contributed by atoms with E-state index in [-0.39, 0.29) is 0 Å². The first-order chi connectivity index (χ1) is 7.89. The zero-order valence-electron chi connectivity index (χ0n) is 11.1. The van der Waals surface area contributed by atoms with Crippen molar-refractivity contribution in [2.24, 2.45) is 5.73 Å². The topological polar surface area (TPSA) is 26.0 Å². The Kier molecular flexibility index (Phi) is 8.88. The van der Waals surface area contributed by atoms with Crippen LogP contribution in [0.4, 0.5) is 0 Å². The predicted octanol–water partition coefficient (Wildman–Crippen LogP) is 4.79. The first-order valence-electron chi connectivity index (χ1n) is 7.65. The van der Waals surface area contributed by atoms with Gasteiger partial charge in [-0.05, 0) is 12.8 Å². The fourth-order valence-corrected chi connectivity index (χ4v) is 2.73. The molecule has 1 rings (SSSR count). The van der Waals surface area contributed by atoms with E-state index >= 15 is 0 Å². The molecule has 1 fully saturated rings. The van der Waals surface area contributed by atoms with Crippen molar-refractivity contribution >= 4 is 0 Å². The van der Waals surface area contributed by atoms with E-state index in [0.717, 1.165) is 0 Å². The summed E-state index contributed by atoms with van der Waals surface area (Å²) in [6.07, 6.45) is 19.7. The second-order valence-electron chi connectivity index (χ2n) is 5.58. The summed E-state index contributed by atoms with van der Waals surface area (Å²) in [5, 5.41) is 0. The summed E-state index contributed by atoms with van der Waals surface area (Å²) >= 11 is 0. The van der Waals surface area contributed by atoms with Crippen molar-refractivity contribution in [3.05, 3.63) is 0 Å². The number of rotatable bonds is 0. The zero-order chi connectivity index (χ0) is 11.5. The van der Waals surface area contributed by atoms with E-state index in [1.54, 1.807) is 0 Å². The Morgan fingerprint density at radius 3 is 1.00 bits per heavy atom. The Balaban J connectivity index is 2.10. The molecule has 0 unspecified atom stereocenters. The Morgan fingerprint density at radius 1 is 0.438 bits per heavy atom. The molecule has 2 N–H and O–H groups in total. The van der Waals surface area contributed by atoms with Gasteiger partial charge in [0, 0.05) is 6.04 Å². The third kappa shape index (κ3) is 8.15. The van der Waals surface area contributed by atoms with E-state index in [0.29, 0.717) is 6.04 Å². The molecule has 1 nitrogen and oxygen atoms in total. The maximum atomic E-state index is 6.12. The van der Waals surface area contributed by atoms with Gasteiger partial charge in [-0.15, -0.1) is 0 Å². The van der Waals surface area contributed by atoms with Gasteiger partial charge in [-0.25, -0.2) is 0 Å². The van der Waals surface area contributed by atoms with Crippen LogP contribution in [-0.4, -0.2) is 6.04 Å². The van der Waals surface area contributed by atoms with Crippen molar-refractivity contribution in [2.45, 2.75) is 95.9 Å². The molecule has 0 heterocycles. The smallest absolute Gasteiger partial charge is 0.00388 e. The van der Waals surface area contributed by atoms with Crippen LogP contribution < -0.4 is 5.73 Å². The van der Waals surface area contributed by atoms with Gasteiger partial charge in [0.1, 0.15) is 0 Å². The lowest BCUT2D eigenvalue weighted by atomic mass is 10.0. The van der Waals surface area contributed by atoms with E-state index in [1.807, 2.05) is 0 Å². The predicted molar refractivity (Wildman–Crippen MR) is 72.6 cm³/mol. The first kappa shape index (κ1) is 14.0. The van der Waals surface area contributed by atoms with Gasteiger partial charge in [0.2, 0.25) is 0 Å². The van der Waals surface area contributed by atoms with E-state index in [9.17, 15) is 0 Å². The standard InChI is InChI=1S/C15H31N/c16-15-13-11-9-7-5-3-1-2-4-6-8-10-12-14-15/h15H,1-14,16H2. The molecule has 0 spiro atoms. The molecule has 0 amide bonds. The monoisotopic (exact) mass is 225 g/mol. The van der Waals surface area contributed by atoms with Crippen LogP contribution in [0.15, 0.2) is 0 Å². The minimum Gasteiger partial charge on any atom is -0.328 e. The lowest BCUT2D eigenvalue weighted by Crippen LogP contribution is -2.19. The molecule has 0 aromatic carbocycles. The summed E-state index contributed by atoms with van der Waals surface area (Å²) in [6.45, 7) is 0. The normalized spacial score (nSPS) is 24.6. The number of hydrogen-bond acceptors (Lipinski definition) is 1. The zero-order valence-corrected chi connectivity index (χ0v) is 11.1. The minimum atomic E-state index is 0.491. The highest BCUT2D eigenvalue weighted by molar-refractivity contribution is 4.62. The van der Waals surface area contributed by atoms with E-state index in [1.165, 1.54) is 89.9 Å². The molecule has 1 aliphatic carbocycles. The van der Waals surface area contributed by atoms with Gasteiger partial charge in [0.15, 0.2) is 0 Å². The highest BCUT2D eigenvalue weighted by Crippen LogP contribution is 2.15. The van der Waals surface area contributed by atoms with Crippen LogP contribution in [0, 0.1) is 0 Å². The maximum Gasteiger partial charge on any atom is 0.00388 e. The van der Waals surface area contributed by atoms with Crippen LogP contribution in [0.3, 0.4) is 0 Å². The molecule has 0 aromatic rings. The fraction of sp³-hybridized carbons (Fsp3) is 1.00. The molecule has 96 valence electrons. The average Bonchev–Trinajstić information content (AvgIpc) is 2.29. The second-order valence-corrected chi connectivity index (χ2v) is 5.58. The van der Waals surface area contributed by atoms with Crippen molar-refractivity contribution < 1.29 is 0 Å². The van der Waals surface area contributed by atoms with Gasteiger partial charge in [0.05, 0.1) is 0 Å². The van der Waals surface area contributed by atoms with Gasteiger partial charge in [-0.2, -0.15) is 0 Å². The van der Waals surface area contributed by atoms with Crippen LogP contribution in [0.1, 0.15) is 89.9 Å². The Labute approximate surface area is 102 Å². The highest BCUT2D eigenvalue weighted by Gasteiger charge is 2.03. The van der Waals surface area contributed by atoms with Crippen molar-refractivity contribution in [2.75, 3.05) is 0 Å². The molecule has 1 aliphatic rings. The molecule has 0 bridgehead atoms. The number of hydrogen-bond donors (Lipinski definition) is 1. The SMILES string of the molecule is NC1CCCCCCCCCCCCCC1. The van der Waals surface area contributed by atoms with Crippen molar-refractivity contribution in [3.63, 3.8) is 0 Å². The lowest BCUT2D eigenvalue weighted by Gasteiger charge is -2.10. The average molecular weight is 225 g/mol. The van der Waals surface area contributed by atoms with Gasteiger partial charge in [-0.3, -0.25) is 0 Å². The van der Waals surface area contributed by atoms with Gasteiger partial charge in [-0.1, -0.05) is 77.0 Å². The van der Waals surface area contributed by atoms with Crippen LogP contribution in [0.5, 0.6) is 0 Å². The van der Waals surface area contributed by atoms with E-state index in [2.05, 4.69) is 0 Å². The Bertz CT molecular complexity index is 128. The van der Waals surface area contributed by atoms with Gasteiger partial charge >= 0.3 is 0 Å². The summed E-state index contributed by atoms with van der Waals surface area (Å²) in [4.78, 5) is 0. The van der Waals surface area contributed by atoms with Gasteiger partial charge in [0.25, 0.3) is 0 Å². The Morgan fingerprint density at radius 2 is 0.688 bits per heavy atom. The van der Waals surface area contributed by atoms with Crippen molar-refractivity contribution in [3.8, 4) is 0 Å². The molecule has 0 aliphatic heterocycles. The molecule has 0 aromatic heterocycles. The molecular weight excluding hydrogens is 194 g/mol.